The summed E-state index contributed by atoms with van der Waals surface area (Å²) in [4.78, 5) is 0. The topological polar surface area (TPSA) is 18.5 Å². The van der Waals surface area contributed by atoms with Crippen LogP contribution in [0.5, 0.6) is 0 Å². The predicted octanol–water partition coefficient (Wildman–Crippen LogP) is 2.55. The fraction of sp³-hybridized carbons (Fsp3) is 1.00. The quantitative estimate of drug-likeness (QED) is 0.612. The molecule has 0 aromatic carbocycles. The number of hydrogen-bond donors (Lipinski definition) is 0. The summed E-state index contributed by atoms with van der Waals surface area (Å²) in [6.07, 6.45) is 4.90. The Morgan fingerprint density at radius 2 is 2.31 bits per heavy atom. The van der Waals surface area contributed by atoms with Gasteiger partial charge in [0.05, 0.1) is 18.6 Å². The average molecular weight is 205 g/mol. The summed E-state index contributed by atoms with van der Waals surface area (Å²) in [5.41, 5.74) is 0. The zero-order valence-electron chi connectivity index (χ0n) is 8.09. The van der Waals surface area contributed by atoms with E-state index in [-0.39, 0.29) is 11.9 Å². The minimum Gasteiger partial charge on any atom is -0.347 e. The van der Waals surface area contributed by atoms with Gasteiger partial charge in [0.25, 0.3) is 0 Å². The van der Waals surface area contributed by atoms with Crippen molar-refractivity contribution < 1.29 is 9.47 Å². The van der Waals surface area contributed by atoms with Gasteiger partial charge in [-0.2, -0.15) is 0 Å². The van der Waals surface area contributed by atoms with Gasteiger partial charge in [-0.25, -0.2) is 0 Å². The smallest absolute Gasteiger partial charge is 0.171 e. The highest BCUT2D eigenvalue weighted by Crippen LogP contribution is 2.41. The van der Waals surface area contributed by atoms with Gasteiger partial charge in [-0.1, -0.05) is 13.3 Å². The molecule has 1 heterocycles. The maximum atomic E-state index is 5.90. The molecule has 0 radical (unpaired) electrons. The molecule has 76 valence electrons. The molecule has 2 rings (SSSR count). The Morgan fingerprint density at radius 1 is 1.46 bits per heavy atom. The highest BCUT2D eigenvalue weighted by molar-refractivity contribution is 6.18. The molecule has 1 aliphatic carbocycles. The van der Waals surface area contributed by atoms with E-state index < -0.39 is 0 Å². The second kappa shape index (κ2) is 3.76. The molecule has 1 aliphatic heterocycles. The lowest BCUT2D eigenvalue weighted by Gasteiger charge is -2.37. The maximum absolute atomic E-state index is 5.90. The molecule has 13 heavy (non-hydrogen) atoms. The lowest BCUT2D eigenvalue weighted by atomic mass is 9.84. The van der Waals surface area contributed by atoms with E-state index in [9.17, 15) is 0 Å². The van der Waals surface area contributed by atoms with E-state index >= 15 is 0 Å². The van der Waals surface area contributed by atoms with Crippen LogP contribution in [0.25, 0.3) is 0 Å². The highest BCUT2D eigenvalue weighted by Gasteiger charge is 2.46. The van der Waals surface area contributed by atoms with E-state index in [2.05, 4.69) is 6.92 Å². The predicted molar refractivity (Wildman–Crippen MR) is 51.9 cm³/mol. The first-order valence-corrected chi connectivity index (χ1v) is 5.68. The van der Waals surface area contributed by atoms with Gasteiger partial charge in [-0.05, 0) is 12.8 Å². The molecule has 2 fully saturated rings. The molecule has 0 aromatic rings. The third kappa shape index (κ3) is 1.72. The Hall–Kier alpha value is 0.210. The van der Waals surface area contributed by atoms with Crippen LogP contribution in [-0.2, 0) is 9.47 Å². The highest BCUT2D eigenvalue weighted by atomic mass is 35.5. The molecule has 0 aromatic heterocycles. The third-order valence-corrected chi connectivity index (χ3v) is 3.56. The molecule has 0 bridgehead atoms. The van der Waals surface area contributed by atoms with Crippen molar-refractivity contribution in [2.24, 2.45) is 5.92 Å². The van der Waals surface area contributed by atoms with Crippen molar-refractivity contribution in [3.8, 4) is 0 Å². The Labute approximate surface area is 84.5 Å². The lowest BCUT2D eigenvalue weighted by molar-refractivity contribution is -0.215. The second-order valence-electron chi connectivity index (χ2n) is 4.16. The van der Waals surface area contributed by atoms with Gasteiger partial charge >= 0.3 is 0 Å². The SMILES string of the molecule is C[C@@H]1CCCC[C@]12OC[C@@H](CCl)O2. The first-order chi connectivity index (χ1) is 6.27. The van der Waals surface area contributed by atoms with E-state index in [1.807, 2.05) is 0 Å². The van der Waals surface area contributed by atoms with Crippen molar-refractivity contribution in [3.63, 3.8) is 0 Å². The molecule has 2 aliphatic rings. The largest absolute Gasteiger partial charge is 0.347 e. The monoisotopic (exact) mass is 204 g/mol. The number of hydrogen-bond acceptors (Lipinski definition) is 2. The normalized spacial score (nSPS) is 45.7. The number of alkyl halides is 1. The van der Waals surface area contributed by atoms with Crippen LogP contribution in [0.3, 0.4) is 0 Å². The summed E-state index contributed by atoms with van der Waals surface area (Å²) in [7, 11) is 0. The van der Waals surface area contributed by atoms with Gasteiger partial charge in [0, 0.05) is 12.3 Å². The molecule has 0 unspecified atom stereocenters. The molecule has 1 saturated heterocycles. The minimum absolute atomic E-state index is 0.113. The molecular formula is C10H17ClO2. The first kappa shape index (κ1) is 9.75. The van der Waals surface area contributed by atoms with Crippen molar-refractivity contribution in [2.45, 2.75) is 44.5 Å². The third-order valence-electron chi connectivity index (χ3n) is 3.22. The second-order valence-corrected chi connectivity index (χ2v) is 4.47. The van der Waals surface area contributed by atoms with Crippen LogP contribution >= 0.6 is 11.6 Å². The van der Waals surface area contributed by atoms with Crippen LogP contribution in [0.2, 0.25) is 0 Å². The van der Waals surface area contributed by atoms with Crippen LogP contribution in [-0.4, -0.2) is 24.4 Å². The summed E-state index contributed by atoms with van der Waals surface area (Å²) in [5.74, 6) is 0.793. The number of ether oxygens (including phenoxy) is 2. The minimum atomic E-state index is -0.280. The zero-order valence-corrected chi connectivity index (χ0v) is 8.85. The van der Waals surface area contributed by atoms with E-state index in [0.717, 1.165) is 6.42 Å². The summed E-state index contributed by atoms with van der Waals surface area (Å²) in [6, 6.07) is 0. The standard InChI is InChI=1S/C10H17ClO2/c1-8-4-2-3-5-10(8)12-7-9(6-11)13-10/h8-9H,2-7H2,1H3/t8-,9-,10-/m1/s1. The van der Waals surface area contributed by atoms with E-state index in [4.69, 9.17) is 21.1 Å². The van der Waals surface area contributed by atoms with Crippen LogP contribution < -0.4 is 0 Å². The fourth-order valence-corrected chi connectivity index (χ4v) is 2.49. The summed E-state index contributed by atoms with van der Waals surface area (Å²) in [6.45, 7) is 2.89. The lowest BCUT2D eigenvalue weighted by Crippen LogP contribution is -2.41. The van der Waals surface area contributed by atoms with Crippen molar-refractivity contribution in [2.75, 3.05) is 12.5 Å². The van der Waals surface area contributed by atoms with Gasteiger partial charge in [-0.3, -0.25) is 0 Å². The molecule has 3 atom stereocenters. The van der Waals surface area contributed by atoms with Gasteiger partial charge < -0.3 is 9.47 Å². The molecule has 2 nitrogen and oxygen atoms in total. The van der Waals surface area contributed by atoms with Crippen molar-refractivity contribution in [3.05, 3.63) is 0 Å². The van der Waals surface area contributed by atoms with Gasteiger partial charge in [0.2, 0.25) is 0 Å². The van der Waals surface area contributed by atoms with Gasteiger partial charge in [-0.15, -0.1) is 11.6 Å². The van der Waals surface area contributed by atoms with Crippen molar-refractivity contribution >= 4 is 11.6 Å². The van der Waals surface area contributed by atoms with Crippen LogP contribution in [0.4, 0.5) is 0 Å². The molecule has 1 saturated carbocycles. The molecular weight excluding hydrogens is 188 g/mol. The van der Waals surface area contributed by atoms with E-state index in [0.29, 0.717) is 18.4 Å². The Kier molecular flexibility index (Phi) is 2.82. The molecule has 0 N–H and O–H groups in total. The molecule has 1 spiro atoms. The Bertz CT molecular complexity index is 186. The maximum Gasteiger partial charge on any atom is 0.171 e. The summed E-state index contributed by atoms with van der Waals surface area (Å²) in [5, 5.41) is 0. The Morgan fingerprint density at radius 3 is 2.92 bits per heavy atom. The molecule has 3 heteroatoms. The van der Waals surface area contributed by atoms with Crippen LogP contribution in [0.15, 0.2) is 0 Å². The summed E-state index contributed by atoms with van der Waals surface area (Å²) < 4.78 is 11.7. The van der Waals surface area contributed by atoms with Crippen LogP contribution in [0, 0.1) is 5.92 Å². The van der Waals surface area contributed by atoms with Gasteiger partial charge in [0.1, 0.15) is 0 Å². The average Bonchev–Trinajstić information content (AvgIpc) is 2.56. The summed E-state index contributed by atoms with van der Waals surface area (Å²) >= 11 is 5.75. The number of halogens is 1. The number of rotatable bonds is 1. The van der Waals surface area contributed by atoms with Crippen molar-refractivity contribution in [1.82, 2.24) is 0 Å². The Balaban J connectivity index is 2.03. The molecule has 0 amide bonds. The van der Waals surface area contributed by atoms with Gasteiger partial charge in [0.15, 0.2) is 5.79 Å². The van der Waals surface area contributed by atoms with Crippen LogP contribution in [0.1, 0.15) is 32.6 Å². The van der Waals surface area contributed by atoms with Crippen molar-refractivity contribution in [1.29, 1.82) is 0 Å². The fourth-order valence-electron chi connectivity index (χ4n) is 2.34. The zero-order chi connectivity index (χ0) is 9.31. The first-order valence-electron chi connectivity index (χ1n) is 5.14. The van der Waals surface area contributed by atoms with E-state index in [1.54, 1.807) is 0 Å². The van der Waals surface area contributed by atoms with E-state index in [1.165, 1.54) is 19.3 Å².